The van der Waals surface area contributed by atoms with Gasteiger partial charge in [-0.25, -0.2) is 0 Å². The van der Waals surface area contributed by atoms with Gasteiger partial charge in [-0.1, -0.05) is 30.3 Å². The zero-order chi connectivity index (χ0) is 23.1. The predicted molar refractivity (Wildman–Crippen MR) is 115 cm³/mol. The molecular weight excluding hydrogens is 421 g/mol. The summed E-state index contributed by atoms with van der Waals surface area (Å²) >= 11 is 0. The summed E-state index contributed by atoms with van der Waals surface area (Å²) in [5.74, 6) is 1.01. The molecular formula is C25H21F3O4. The van der Waals surface area contributed by atoms with E-state index in [-0.39, 0.29) is 18.1 Å². The molecule has 0 radical (unpaired) electrons. The topological polar surface area (TPSA) is 44.8 Å². The molecule has 3 aromatic carbocycles. The molecule has 0 amide bonds. The maximum Gasteiger partial charge on any atom is 0.416 e. The highest BCUT2D eigenvalue weighted by atomic mass is 19.4. The molecule has 3 rings (SSSR count). The SMILES string of the molecule is COc1cccc(C(=O)/C=C/c2ccc(OC)c(COc3cccc(C(F)(F)F)c3)c2)c1. The maximum absolute atomic E-state index is 12.9. The molecule has 0 aliphatic carbocycles. The fourth-order valence-electron chi connectivity index (χ4n) is 2.98. The lowest BCUT2D eigenvalue weighted by atomic mass is 10.1. The average molecular weight is 442 g/mol. The highest BCUT2D eigenvalue weighted by Gasteiger charge is 2.30. The normalized spacial score (nSPS) is 11.4. The van der Waals surface area contributed by atoms with E-state index in [1.807, 2.05) is 0 Å². The Bertz CT molecular complexity index is 1120. The first-order valence-electron chi connectivity index (χ1n) is 9.63. The number of halogens is 3. The monoisotopic (exact) mass is 442 g/mol. The Balaban J connectivity index is 1.75. The first-order chi connectivity index (χ1) is 15.3. The van der Waals surface area contributed by atoms with E-state index in [0.717, 1.165) is 12.1 Å². The van der Waals surface area contributed by atoms with Crippen molar-refractivity contribution in [3.63, 3.8) is 0 Å². The lowest BCUT2D eigenvalue weighted by Crippen LogP contribution is -2.05. The summed E-state index contributed by atoms with van der Waals surface area (Å²) in [6.45, 7) is -0.00397. The van der Waals surface area contributed by atoms with Crippen LogP contribution in [0.3, 0.4) is 0 Å². The third-order valence-electron chi connectivity index (χ3n) is 4.64. The summed E-state index contributed by atoms with van der Waals surface area (Å²) in [5.41, 5.74) is 1.04. The summed E-state index contributed by atoms with van der Waals surface area (Å²) in [7, 11) is 3.02. The zero-order valence-electron chi connectivity index (χ0n) is 17.5. The van der Waals surface area contributed by atoms with Crippen LogP contribution in [0.25, 0.3) is 6.08 Å². The van der Waals surface area contributed by atoms with E-state index in [0.29, 0.717) is 28.2 Å². The molecule has 0 aliphatic rings. The summed E-state index contributed by atoms with van der Waals surface area (Å²) in [6.07, 6.45) is -1.36. The first kappa shape index (κ1) is 22.9. The molecule has 4 nitrogen and oxygen atoms in total. The molecule has 166 valence electrons. The van der Waals surface area contributed by atoms with Crippen molar-refractivity contribution in [2.24, 2.45) is 0 Å². The Kier molecular flexibility index (Phi) is 7.20. The summed E-state index contributed by atoms with van der Waals surface area (Å²) in [4.78, 5) is 12.4. The minimum atomic E-state index is -4.45. The fourth-order valence-corrected chi connectivity index (χ4v) is 2.98. The molecule has 0 saturated carbocycles. The number of carbonyl (C=O) groups is 1. The van der Waals surface area contributed by atoms with Gasteiger partial charge in [-0.05, 0) is 54.1 Å². The van der Waals surface area contributed by atoms with Crippen molar-refractivity contribution in [2.45, 2.75) is 12.8 Å². The average Bonchev–Trinajstić information content (AvgIpc) is 2.80. The number of ether oxygens (including phenoxy) is 3. The molecule has 0 unspecified atom stereocenters. The minimum Gasteiger partial charge on any atom is -0.497 e. The number of ketones is 1. The molecule has 32 heavy (non-hydrogen) atoms. The van der Waals surface area contributed by atoms with Gasteiger partial charge in [-0.2, -0.15) is 13.2 Å². The van der Waals surface area contributed by atoms with Crippen LogP contribution in [0.4, 0.5) is 13.2 Å². The first-order valence-corrected chi connectivity index (χ1v) is 9.63. The Morgan fingerprint density at radius 1 is 0.906 bits per heavy atom. The van der Waals surface area contributed by atoms with Crippen molar-refractivity contribution in [1.29, 1.82) is 0 Å². The van der Waals surface area contributed by atoms with Crippen LogP contribution < -0.4 is 14.2 Å². The second-order valence-corrected chi connectivity index (χ2v) is 6.82. The van der Waals surface area contributed by atoms with E-state index in [1.165, 1.54) is 32.4 Å². The van der Waals surface area contributed by atoms with E-state index < -0.39 is 11.7 Å². The molecule has 0 aliphatic heterocycles. The van der Waals surface area contributed by atoms with E-state index in [2.05, 4.69) is 0 Å². The number of alkyl halides is 3. The number of carbonyl (C=O) groups excluding carboxylic acids is 1. The van der Waals surface area contributed by atoms with Gasteiger partial charge in [-0.3, -0.25) is 4.79 Å². The van der Waals surface area contributed by atoms with Crippen LogP contribution in [0.5, 0.6) is 17.2 Å². The smallest absolute Gasteiger partial charge is 0.416 e. The summed E-state index contributed by atoms with van der Waals surface area (Å²) in [6, 6.07) is 16.7. The molecule has 0 N–H and O–H groups in total. The van der Waals surface area contributed by atoms with Crippen LogP contribution in [0.2, 0.25) is 0 Å². The van der Waals surface area contributed by atoms with Crippen LogP contribution >= 0.6 is 0 Å². The van der Waals surface area contributed by atoms with Crippen molar-refractivity contribution in [2.75, 3.05) is 14.2 Å². The Hall–Kier alpha value is -3.74. The van der Waals surface area contributed by atoms with Gasteiger partial charge < -0.3 is 14.2 Å². The predicted octanol–water partition coefficient (Wildman–Crippen LogP) is 6.20. The number of methoxy groups -OCH3 is 2. The lowest BCUT2D eigenvalue weighted by molar-refractivity contribution is -0.137. The van der Waals surface area contributed by atoms with Crippen LogP contribution in [-0.2, 0) is 12.8 Å². The van der Waals surface area contributed by atoms with Crippen LogP contribution in [-0.4, -0.2) is 20.0 Å². The third-order valence-corrected chi connectivity index (χ3v) is 4.64. The quantitative estimate of drug-likeness (QED) is 0.308. The number of benzene rings is 3. The van der Waals surface area contributed by atoms with Gasteiger partial charge in [-0.15, -0.1) is 0 Å². The van der Waals surface area contributed by atoms with Gasteiger partial charge in [0.1, 0.15) is 23.9 Å². The van der Waals surface area contributed by atoms with Crippen molar-refractivity contribution in [1.82, 2.24) is 0 Å². The highest BCUT2D eigenvalue weighted by Crippen LogP contribution is 2.32. The van der Waals surface area contributed by atoms with Gasteiger partial charge in [0.15, 0.2) is 5.78 Å². The van der Waals surface area contributed by atoms with Crippen molar-refractivity contribution < 1.29 is 32.2 Å². The standard InChI is InChI=1S/C25H21F3O4/c1-30-21-7-3-5-18(14-21)23(29)11-9-17-10-12-24(31-2)19(13-17)16-32-22-8-4-6-20(15-22)25(26,27)28/h3-15H,16H2,1-2H3/b11-9+. The Morgan fingerprint density at radius 3 is 2.38 bits per heavy atom. The van der Waals surface area contributed by atoms with E-state index in [4.69, 9.17) is 14.2 Å². The summed E-state index contributed by atoms with van der Waals surface area (Å²) < 4.78 is 54.7. The largest absolute Gasteiger partial charge is 0.497 e. The van der Waals surface area contributed by atoms with Gasteiger partial charge in [0.05, 0.1) is 19.8 Å². The second kappa shape index (κ2) is 10.0. The van der Waals surface area contributed by atoms with Crippen molar-refractivity contribution >= 4 is 11.9 Å². The van der Waals surface area contributed by atoms with E-state index in [1.54, 1.807) is 48.5 Å². The van der Waals surface area contributed by atoms with Gasteiger partial charge in [0.2, 0.25) is 0 Å². The van der Waals surface area contributed by atoms with Crippen molar-refractivity contribution in [3.05, 3.63) is 95.1 Å². The maximum atomic E-state index is 12.9. The van der Waals surface area contributed by atoms with E-state index >= 15 is 0 Å². The number of rotatable bonds is 8. The Morgan fingerprint density at radius 2 is 1.66 bits per heavy atom. The van der Waals surface area contributed by atoms with Gasteiger partial charge in [0.25, 0.3) is 0 Å². The molecule has 0 spiro atoms. The zero-order valence-corrected chi connectivity index (χ0v) is 17.5. The fraction of sp³-hybridized carbons (Fsp3) is 0.160. The molecule has 0 atom stereocenters. The van der Waals surface area contributed by atoms with Crippen LogP contribution in [0, 0.1) is 0 Å². The molecule has 0 heterocycles. The molecule has 0 fully saturated rings. The summed E-state index contributed by atoms with van der Waals surface area (Å²) in [5, 5.41) is 0. The second-order valence-electron chi connectivity index (χ2n) is 6.82. The van der Waals surface area contributed by atoms with Crippen LogP contribution in [0.1, 0.15) is 27.0 Å². The molecule has 0 aromatic heterocycles. The van der Waals surface area contributed by atoms with Gasteiger partial charge >= 0.3 is 6.18 Å². The van der Waals surface area contributed by atoms with E-state index in [9.17, 15) is 18.0 Å². The minimum absolute atomic E-state index is 0.00397. The number of allylic oxidation sites excluding steroid dienone is 1. The number of hydrogen-bond donors (Lipinski definition) is 0. The molecule has 0 saturated heterocycles. The van der Waals surface area contributed by atoms with Gasteiger partial charge in [0, 0.05) is 11.1 Å². The number of hydrogen-bond acceptors (Lipinski definition) is 4. The van der Waals surface area contributed by atoms with Crippen LogP contribution in [0.15, 0.2) is 72.8 Å². The molecule has 0 bridgehead atoms. The third kappa shape index (κ3) is 5.91. The lowest BCUT2D eigenvalue weighted by Gasteiger charge is -2.13. The molecule has 3 aromatic rings. The molecule has 7 heteroatoms. The van der Waals surface area contributed by atoms with Crippen molar-refractivity contribution in [3.8, 4) is 17.2 Å². The highest BCUT2D eigenvalue weighted by molar-refractivity contribution is 6.07. The Labute approximate surface area is 183 Å².